The van der Waals surface area contributed by atoms with Crippen molar-refractivity contribution in [2.75, 3.05) is 25.0 Å². The van der Waals surface area contributed by atoms with Gasteiger partial charge in [0, 0.05) is 19.9 Å². The molecule has 8 heteroatoms. The van der Waals surface area contributed by atoms with Crippen molar-refractivity contribution >= 4 is 19.9 Å². The standard InChI is InChI=1S/C6H15NO5S2/c1-6(12-2)4-7-14(10,11)5-13(3,8)9/h6-7H,4-5H2,1-3H3. The number of hydrogen-bond acceptors (Lipinski definition) is 5. The van der Waals surface area contributed by atoms with Crippen LogP contribution in [0.1, 0.15) is 6.92 Å². The molecule has 0 radical (unpaired) electrons. The Kier molecular flexibility index (Phi) is 4.99. The van der Waals surface area contributed by atoms with Crippen LogP contribution in [-0.4, -0.2) is 47.9 Å². The summed E-state index contributed by atoms with van der Waals surface area (Å²) in [6.45, 7) is 1.73. The molecule has 0 fully saturated rings. The van der Waals surface area contributed by atoms with Gasteiger partial charge in [0.05, 0.1) is 6.10 Å². The highest BCUT2D eigenvalue weighted by molar-refractivity contribution is 8.06. The molecule has 0 bridgehead atoms. The molecule has 1 atom stereocenters. The molecule has 6 nitrogen and oxygen atoms in total. The van der Waals surface area contributed by atoms with Gasteiger partial charge >= 0.3 is 0 Å². The van der Waals surface area contributed by atoms with Crippen LogP contribution in [0.4, 0.5) is 0 Å². The van der Waals surface area contributed by atoms with E-state index in [1.807, 2.05) is 0 Å². The van der Waals surface area contributed by atoms with E-state index in [4.69, 9.17) is 4.74 Å². The number of sulfonamides is 1. The van der Waals surface area contributed by atoms with E-state index in [0.29, 0.717) is 0 Å². The fourth-order valence-electron chi connectivity index (χ4n) is 0.651. The smallest absolute Gasteiger partial charge is 0.226 e. The van der Waals surface area contributed by atoms with Gasteiger partial charge in [0.1, 0.15) is 0 Å². The van der Waals surface area contributed by atoms with Crippen LogP contribution in [0, 0.1) is 0 Å². The van der Waals surface area contributed by atoms with Crippen LogP contribution in [0.15, 0.2) is 0 Å². The van der Waals surface area contributed by atoms with E-state index in [-0.39, 0.29) is 12.6 Å². The van der Waals surface area contributed by atoms with E-state index in [1.165, 1.54) is 7.11 Å². The van der Waals surface area contributed by atoms with Crippen LogP contribution >= 0.6 is 0 Å². The predicted molar refractivity (Wildman–Crippen MR) is 53.1 cm³/mol. The van der Waals surface area contributed by atoms with Gasteiger partial charge in [0.15, 0.2) is 14.9 Å². The summed E-state index contributed by atoms with van der Waals surface area (Å²) in [7, 11) is -5.85. The van der Waals surface area contributed by atoms with Gasteiger partial charge in [-0.2, -0.15) is 0 Å². The first-order valence-electron chi connectivity index (χ1n) is 3.84. The van der Waals surface area contributed by atoms with Crippen molar-refractivity contribution < 1.29 is 21.6 Å². The summed E-state index contributed by atoms with van der Waals surface area (Å²) in [5.74, 6) is 0. The van der Waals surface area contributed by atoms with E-state index in [9.17, 15) is 16.8 Å². The fraction of sp³-hybridized carbons (Fsp3) is 1.00. The maximum atomic E-state index is 11.1. The lowest BCUT2D eigenvalue weighted by Crippen LogP contribution is -2.35. The van der Waals surface area contributed by atoms with Crippen LogP contribution < -0.4 is 4.72 Å². The maximum absolute atomic E-state index is 11.1. The molecule has 1 unspecified atom stereocenters. The van der Waals surface area contributed by atoms with Crippen molar-refractivity contribution in [3.63, 3.8) is 0 Å². The van der Waals surface area contributed by atoms with Gasteiger partial charge < -0.3 is 4.74 Å². The van der Waals surface area contributed by atoms with Crippen molar-refractivity contribution in [1.29, 1.82) is 0 Å². The molecule has 0 rings (SSSR count). The molecule has 0 aliphatic carbocycles. The molecule has 86 valence electrons. The number of rotatable bonds is 6. The summed E-state index contributed by atoms with van der Waals surface area (Å²) < 4.78 is 50.6. The SMILES string of the molecule is COC(C)CNS(=O)(=O)CS(C)(=O)=O. The van der Waals surface area contributed by atoms with Crippen LogP contribution in [-0.2, 0) is 24.6 Å². The minimum absolute atomic E-state index is 0.0638. The van der Waals surface area contributed by atoms with E-state index in [2.05, 4.69) is 4.72 Å². The number of ether oxygens (including phenoxy) is 1. The molecular formula is C6H15NO5S2. The Balaban J connectivity index is 4.24. The molecule has 0 aromatic rings. The third-order valence-corrected chi connectivity index (χ3v) is 4.92. The highest BCUT2D eigenvalue weighted by Crippen LogP contribution is 1.93. The summed E-state index contributed by atoms with van der Waals surface area (Å²) in [6, 6.07) is 0. The monoisotopic (exact) mass is 245 g/mol. The number of nitrogens with one attached hydrogen (secondary N) is 1. The molecule has 1 N–H and O–H groups in total. The Bertz CT molecular complexity index is 358. The summed E-state index contributed by atoms with van der Waals surface area (Å²) >= 11 is 0. The second-order valence-corrected chi connectivity index (χ2v) is 7.37. The second kappa shape index (κ2) is 5.06. The predicted octanol–water partition coefficient (Wildman–Crippen LogP) is -1.06. The fourth-order valence-corrected chi connectivity index (χ4v) is 3.73. The Labute approximate surface area is 84.6 Å². The van der Waals surface area contributed by atoms with Gasteiger partial charge in [-0.05, 0) is 6.92 Å². The lowest BCUT2D eigenvalue weighted by Gasteiger charge is -2.10. The topological polar surface area (TPSA) is 89.5 Å². The van der Waals surface area contributed by atoms with Gasteiger partial charge in [-0.3, -0.25) is 0 Å². The molecule has 0 amide bonds. The molecule has 0 saturated carbocycles. The third kappa shape index (κ3) is 7.25. The van der Waals surface area contributed by atoms with E-state index in [1.54, 1.807) is 6.92 Å². The van der Waals surface area contributed by atoms with Crippen molar-refractivity contribution in [3.8, 4) is 0 Å². The average molecular weight is 245 g/mol. The molecule has 14 heavy (non-hydrogen) atoms. The van der Waals surface area contributed by atoms with Crippen molar-refractivity contribution in [2.24, 2.45) is 0 Å². The first kappa shape index (κ1) is 13.8. The Morgan fingerprint density at radius 3 is 2.14 bits per heavy atom. The first-order chi connectivity index (χ1) is 6.16. The summed E-state index contributed by atoms with van der Waals surface area (Å²) in [5.41, 5.74) is 0. The zero-order chi connectivity index (χ0) is 11.4. The third-order valence-electron chi connectivity index (χ3n) is 1.36. The lowest BCUT2D eigenvalue weighted by molar-refractivity contribution is 0.122. The van der Waals surface area contributed by atoms with E-state index < -0.39 is 24.9 Å². The zero-order valence-electron chi connectivity index (χ0n) is 8.35. The van der Waals surface area contributed by atoms with Crippen molar-refractivity contribution in [1.82, 2.24) is 4.72 Å². The zero-order valence-corrected chi connectivity index (χ0v) is 9.98. The molecule has 0 heterocycles. The first-order valence-corrected chi connectivity index (χ1v) is 7.55. The van der Waals surface area contributed by atoms with Crippen LogP contribution in [0.3, 0.4) is 0 Å². The van der Waals surface area contributed by atoms with Gasteiger partial charge in [-0.25, -0.2) is 21.6 Å². The van der Waals surface area contributed by atoms with Gasteiger partial charge in [0.2, 0.25) is 10.0 Å². The highest BCUT2D eigenvalue weighted by Gasteiger charge is 2.18. The Morgan fingerprint density at radius 2 is 1.79 bits per heavy atom. The van der Waals surface area contributed by atoms with E-state index in [0.717, 1.165) is 6.26 Å². The molecular weight excluding hydrogens is 230 g/mol. The molecule has 0 saturated heterocycles. The van der Waals surface area contributed by atoms with Crippen LogP contribution in [0.5, 0.6) is 0 Å². The molecule has 0 aliphatic heterocycles. The second-order valence-electron chi connectivity index (χ2n) is 3.05. The Hall–Kier alpha value is -0.180. The van der Waals surface area contributed by atoms with Crippen molar-refractivity contribution in [2.45, 2.75) is 13.0 Å². The lowest BCUT2D eigenvalue weighted by atomic mass is 10.4. The molecule has 0 aromatic carbocycles. The van der Waals surface area contributed by atoms with Gasteiger partial charge in [-0.1, -0.05) is 0 Å². The number of methoxy groups -OCH3 is 1. The maximum Gasteiger partial charge on any atom is 0.226 e. The quantitative estimate of drug-likeness (QED) is 0.644. The molecule has 0 spiro atoms. The summed E-state index contributed by atoms with van der Waals surface area (Å²) in [4.78, 5) is 0. The van der Waals surface area contributed by atoms with Crippen LogP contribution in [0.2, 0.25) is 0 Å². The summed E-state index contributed by atoms with van der Waals surface area (Å²) in [5, 5.41) is -0.892. The summed E-state index contributed by atoms with van der Waals surface area (Å²) in [6.07, 6.45) is 0.579. The van der Waals surface area contributed by atoms with Crippen LogP contribution in [0.25, 0.3) is 0 Å². The normalized spacial score (nSPS) is 15.4. The van der Waals surface area contributed by atoms with Gasteiger partial charge in [0.25, 0.3) is 0 Å². The minimum atomic E-state index is -3.76. The largest absolute Gasteiger partial charge is 0.380 e. The van der Waals surface area contributed by atoms with E-state index >= 15 is 0 Å². The Morgan fingerprint density at radius 1 is 1.29 bits per heavy atom. The minimum Gasteiger partial charge on any atom is -0.380 e. The number of hydrogen-bond donors (Lipinski definition) is 1. The average Bonchev–Trinajstić information content (AvgIpc) is 1.96. The molecule has 0 aromatic heterocycles. The van der Waals surface area contributed by atoms with Gasteiger partial charge in [-0.15, -0.1) is 0 Å². The number of sulfone groups is 1. The van der Waals surface area contributed by atoms with Crippen molar-refractivity contribution in [3.05, 3.63) is 0 Å². The highest BCUT2D eigenvalue weighted by atomic mass is 32.3. The molecule has 0 aliphatic rings.